The van der Waals surface area contributed by atoms with E-state index >= 15 is 0 Å². The first-order valence-electron chi connectivity index (χ1n) is 9.63. The van der Waals surface area contributed by atoms with Crippen LogP contribution in [0.1, 0.15) is 11.1 Å². The molecule has 0 saturated heterocycles. The molecular weight excluding hydrogens is 469 g/mol. The Morgan fingerprint density at radius 3 is 2.15 bits per heavy atom. The first-order valence-corrected chi connectivity index (χ1v) is 11.2. The van der Waals surface area contributed by atoms with Crippen molar-refractivity contribution >= 4 is 33.0 Å². The van der Waals surface area contributed by atoms with E-state index in [9.17, 15) is 26.4 Å². The van der Waals surface area contributed by atoms with Crippen LogP contribution in [0.3, 0.4) is 0 Å². The number of nitrogens with one attached hydrogen (secondary N) is 2. The van der Waals surface area contributed by atoms with Gasteiger partial charge in [-0.15, -0.1) is 0 Å². The van der Waals surface area contributed by atoms with Crippen LogP contribution in [0.2, 0.25) is 0 Å². The predicted octanol–water partition coefficient (Wildman–Crippen LogP) is 3.87. The number of nitrogens with two attached hydrogens (primary N) is 2. The molecule has 176 valence electrons. The normalized spacial score (nSPS) is 12.3. The fourth-order valence-corrected chi connectivity index (χ4v) is 3.94. The van der Waals surface area contributed by atoms with E-state index in [-0.39, 0.29) is 21.7 Å². The van der Waals surface area contributed by atoms with Crippen molar-refractivity contribution < 1.29 is 26.4 Å². The number of halogens is 3. The van der Waals surface area contributed by atoms with Crippen LogP contribution in [0.25, 0.3) is 16.7 Å². The molecule has 0 atom stereocenters. The molecule has 0 unspecified atom stereocenters. The molecule has 34 heavy (non-hydrogen) atoms. The number of hydrogen-bond acceptors (Lipinski definition) is 4. The summed E-state index contributed by atoms with van der Waals surface area (Å²) in [7, 11) is -3.98. The molecule has 0 fully saturated rings. The van der Waals surface area contributed by atoms with E-state index in [0.717, 1.165) is 12.1 Å². The van der Waals surface area contributed by atoms with Gasteiger partial charge in [-0.05, 0) is 35.4 Å². The second-order valence-electron chi connectivity index (χ2n) is 7.16. The van der Waals surface area contributed by atoms with Crippen molar-refractivity contribution in [3.63, 3.8) is 0 Å². The SMILES string of the molecule is N=C(N)c1cccc(/C(=C/C(=O)Nc2ccc(-c3ccccc3S(N)(=O)=O)cc2)C(F)(F)F)c1. The maximum Gasteiger partial charge on any atom is 0.417 e. The first-order chi connectivity index (χ1) is 15.9. The number of sulfonamides is 1. The topological polar surface area (TPSA) is 139 Å². The average Bonchev–Trinajstić information content (AvgIpc) is 2.77. The molecule has 0 spiro atoms. The first kappa shape index (κ1) is 24.7. The molecule has 0 aliphatic carbocycles. The zero-order chi connectivity index (χ0) is 25.1. The van der Waals surface area contributed by atoms with E-state index in [1.165, 1.54) is 48.5 Å². The van der Waals surface area contributed by atoms with Gasteiger partial charge in [0.1, 0.15) is 5.84 Å². The van der Waals surface area contributed by atoms with Crippen LogP contribution >= 0.6 is 0 Å². The molecule has 0 saturated carbocycles. The van der Waals surface area contributed by atoms with Crippen molar-refractivity contribution in [2.45, 2.75) is 11.1 Å². The number of alkyl halides is 3. The summed E-state index contributed by atoms with van der Waals surface area (Å²) >= 11 is 0. The van der Waals surface area contributed by atoms with Crippen molar-refractivity contribution in [2.24, 2.45) is 10.9 Å². The van der Waals surface area contributed by atoms with Crippen molar-refractivity contribution in [3.05, 3.63) is 90.0 Å². The molecule has 3 aromatic carbocycles. The Balaban J connectivity index is 1.88. The van der Waals surface area contributed by atoms with Gasteiger partial charge in [0, 0.05) is 22.9 Å². The zero-order valence-corrected chi connectivity index (χ0v) is 18.2. The second-order valence-corrected chi connectivity index (χ2v) is 8.69. The fourth-order valence-electron chi connectivity index (χ4n) is 3.18. The van der Waals surface area contributed by atoms with Crippen LogP contribution in [0.15, 0.2) is 83.8 Å². The van der Waals surface area contributed by atoms with Crippen LogP contribution < -0.4 is 16.2 Å². The highest BCUT2D eigenvalue weighted by molar-refractivity contribution is 7.89. The van der Waals surface area contributed by atoms with E-state index in [2.05, 4.69) is 5.32 Å². The summed E-state index contributed by atoms with van der Waals surface area (Å²) in [5.74, 6) is -1.44. The summed E-state index contributed by atoms with van der Waals surface area (Å²) in [5, 5.41) is 15.0. The second kappa shape index (κ2) is 9.49. The number of carbonyl (C=O) groups excluding carboxylic acids is 1. The van der Waals surface area contributed by atoms with E-state index in [0.29, 0.717) is 17.2 Å². The summed E-state index contributed by atoms with van der Waals surface area (Å²) in [5.41, 5.74) is 4.93. The molecule has 0 heterocycles. The lowest BCUT2D eigenvalue weighted by Crippen LogP contribution is -2.17. The molecule has 1 amide bonds. The van der Waals surface area contributed by atoms with Gasteiger partial charge in [0.05, 0.1) is 10.5 Å². The Bertz CT molecular complexity index is 1380. The number of benzene rings is 3. The number of hydrogen-bond donors (Lipinski definition) is 4. The number of allylic oxidation sites excluding steroid dienone is 1. The number of amides is 1. The monoisotopic (exact) mass is 488 g/mol. The van der Waals surface area contributed by atoms with Crippen LogP contribution in [-0.2, 0) is 14.8 Å². The van der Waals surface area contributed by atoms with Crippen LogP contribution in [0.4, 0.5) is 18.9 Å². The van der Waals surface area contributed by atoms with Gasteiger partial charge in [0.25, 0.3) is 0 Å². The number of carbonyl (C=O) groups is 1. The number of anilines is 1. The Labute approximate surface area is 193 Å². The molecule has 0 aliphatic rings. The summed E-state index contributed by atoms with van der Waals surface area (Å²) in [6.07, 6.45) is -4.42. The number of primary sulfonamides is 1. The third kappa shape index (κ3) is 5.88. The zero-order valence-electron chi connectivity index (χ0n) is 17.4. The summed E-state index contributed by atoms with van der Waals surface area (Å²) < 4.78 is 64.5. The summed E-state index contributed by atoms with van der Waals surface area (Å²) in [6.45, 7) is 0. The third-order valence-corrected chi connectivity index (χ3v) is 5.69. The Morgan fingerprint density at radius 1 is 0.941 bits per heavy atom. The van der Waals surface area contributed by atoms with Crippen LogP contribution in [0, 0.1) is 5.41 Å². The Kier molecular flexibility index (Phi) is 6.89. The molecule has 3 rings (SSSR count). The molecule has 6 N–H and O–H groups in total. The lowest BCUT2D eigenvalue weighted by atomic mass is 10.0. The van der Waals surface area contributed by atoms with E-state index in [1.807, 2.05) is 0 Å². The van der Waals surface area contributed by atoms with Gasteiger partial charge < -0.3 is 11.1 Å². The third-order valence-electron chi connectivity index (χ3n) is 4.72. The minimum absolute atomic E-state index is 0.0858. The van der Waals surface area contributed by atoms with Crippen molar-refractivity contribution in [3.8, 4) is 11.1 Å². The molecule has 11 heteroatoms. The molecular formula is C23H19F3N4O3S. The maximum atomic E-state index is 13.6. The molecule has 0 bridgehead atoms. The quantitative estimate of drug-likeness (QED) is 0.238. The number of rotatable bonds is 6. The van der Waals surface area contributed by atoms with Crippen molar-refractivity contribution in [2.75, 3.05) is 5.32 Å². The maximum absolute atomic E-state index is 13.6. The van der Waals surface area contributed by atoms with E-state index in [1.54, 1.807) is 12.1 Å². The van der Waals surface area contributed by atoms with Gasteiger partial charge in [0.15, 0.2) is 0 Å². The molecule has 0 radical (unpaired) electrons. The van der Waals surface area contributed by atoms with Crippen LogP contribution in [0.5, 0.6) is 0 Å². The highest BCUT2D eigenvalue weighted by atomic mass is 32.2. The highest BCUT2D eigenvalue weighted by Gasteiger charge is 2.35. The molecule has 0 aromatic heterocycles. The number of nitrogen functional groups attached to an aromatic ring is 1. The smallest absolute Gasteiger partial charge is 0.384 e. The molecule has 0 aliphatic heterocycles. The largest absolute Gasteiger partial charge is 0.417 e. The van der Waals surface area contributed by atoms with E-state index < -0.39 is 33.5 Å². The lowest BCUT2D eigenvalue weighted by Gasteiger charge is -2.13. The highest BCUT2D eigenvalue weighted by Crippen LogP contribution is 2.34. The van der Waals surface area contributed by atoms with Crippen LogP contribution in [-0.4, -0.2) is 26.3 Å². The van der Waals surface area contributed by atoms with Gasteiger partial charge in [-0.2, -0.15) is 13.2 Å². The molecule has 7 nitrogen and oxygen atoms in total. The van der Waals surface area contributed by atoms with E-state index in [4.69, 9.17) is 16.3 Å². The Hall–Kier alpha value is -3.96. The molecule has 3 aromatic rings. The minimum atomic E-state index is -4.84. The standard InChI is InChI=1S/C23H19F3N4O3S/c24-23(25,26)19(15-4-3-5-16(12-15)22(27)28)13-21(31)30-17-10-8-14(9-11-17)18-6-1-2-7-20(18)34(29,32)33/h1-13H,(H3,27,28)(H,30,31)(H2,29,32,33)/b19-13-. The summed E-state index contributed by atoms with van der Waals surface area (Å²) in [4.78, 5) is 12.3. The number of amidine groups is 1. The fraction of sp³-hybridized carbons (Fsp3) is 0.0435. The van der Waals surface area contributed by atoms with Gasteiger partial charge in [-0.1, -0.05) is 48.5 Å². The minimum Gasteiger partial charge on any atom is -0.384 e. The van der Waals surface area contributed by atoms with Crippen molar-refractivity contribution in [1.82, 2.24) is 0 Å². The van der Waals surface area contributed by atoms with Gasteiger partial charge >= 0.3 is 6.18 Å². The summed E-state index contributed by atoms with van der Waals surface area (Å²) in [6, 6.07) is 16.8. The van der Waals surface area contributed by atoms with Crippen molar-refractivity contribution in [1.29, 1.82) is 5.41 Å². The Morgan fingerprint density at radius 2 is 1.56 bits per heavy atom. The van der Waals surface area contributed by atoms with Gasteiger partial charge in [-0.3, -0.25) is 10.2 Å². The predicted molar refractivity (Wildman–Crippen MR) is 123 cm³/mol. The lowest BCUT2D eigenvalue weighted by molar-refractivity contribution is -0.112. The van der Waals surface area contributed by atoms with Gasteiger partial charge in [0.2, 0.25) is 15.9 Å². The average molecular weight is 488 g/mol. The van der Waals surface area contributed by atoms with Gasteiger partial charge in [-0.25, -0.2) is 13.6 Å².